The number of rotatable bonds is 3. The maximum absolute atomic E-state index is 11.4. The van der Waals surface area contributed by atoms with Gasteiger partial charge in [-0.15, -0.1) is 11.3 Å². The smallest absolute Gasteiger partial charge is 0.151 e. The summed E-state index contributed by atoms with van der Waals surface area (Å²) < 4.78 is 24.0. The van der Waals surface area contributed by atoms with Crippen LogP contribution in [0.25, 0.3) is 0 Å². The van der Waals surface area contributed by atoms with Gasteiger partial charge in [0.1, 0.15) is 0 Å². The Kier molecular flexibility index (Phi) is 4.05. The lowest BCUT2D eigenvalue weighted by atomic mass is 10.2. The molecule has 1 aromatic rings. The number of nitrogens with one attached hydrogen (secondary N) is 1. The van der Waals surface area contributed by atoms with Gasteiger partial charge < -0.3 is 5.32 Å². The van der Waals surface area contributed by atoms with Gasteiger partial charge >= 0.3 is 0 Å². The van der Waals surface area contributed by atoms with Gasteiger partial charge in [0, 0.05) is 27.3 Å². The largest absolute Gasteiger partial charge is 0.308 e. The molecule has 0 saturated carbocycles. The van der Waals surface area contributed by atoms with E-state index in [-0.39, 0.29) is 6.04 Å². The summed E-state index contributed by atoms with van der Waals surface area (Å²) in [6, 6.07) is 2.19. The van der Waals surface area contributed by atoms with Crippen molar-refractivity contribution in [2.45, 2.75) is 25.4 Å². The van der Waals surface area contributed by atoms with E-state index in [0.29, 0.717) is 11.5 Å². The van der Waals surface area contributed by atoms with Crippen LogP contribution >= 0.6 is 27.3 Å². The maximum Gasteiger partial charge on any atom is 0.151 e. The number of sulfone groups is 1. The first kappa shape index (κ1) is 12.5. The Morgan fingerprint density at radius 1 is 1.56 bits per heavy atom. The number of thiophene rings is 1. The molecule has 3 nitrogen and oxygen atoms in total. The third-order valence-corrected chi connectivity index (χ3v) is 6.17. The predicted octanol–water partition coefficient (Wildman–Crippen LogP) is 2.18. The van der Waals surface area contributed by atoms with Gasteiger partial charge in [0.05, 0.1) is 11.5 Å². The van der Waals surface area contributed by atoms with Crippen molar-refractivity contribution in [1.29, 1.82) is 0 Å². The van der Waals surface area contributed by atoms with Gasteiger partial charge in [-0.25, -0.2) is 8.42 Å². The lowest BCUT2D eigenvalue weighted by Crippen LogP contribution is -2.39. The Balaban J connectivity index is 1.86. The van der Waals surface area contributed by atoms with Gasteiger partial charge in [-0.05, 0) is 34.8 Å². The topological polar surface area (TPSA) is 46.2 Å². The van der Waals surface area contributed by atoms with Gasteiger partial charge in [-0.1, -0.05) is 0 Å². The van der Waals surface area contributed by atoms with E-state index in [4.69, 9.17) is 0 Å². The van der Waals surface area contributed by atoms with Crippen molar-refractivity contribution in [2.75, 3.05) is 11.5 Å². The Bertz CT molecular complexity index is 455. The highest BCUT2D eigenvalue weighted by molar-refractivity contribution is 9.10. The molecule has 2 heterocycles. The van der Waals surface area contributed by atoms with Gasteiger partial charge in [-0.3, -0.25) is 0 Å². The highest BCUT2D eigenvalue weighted by Crippen LogP contribution is 2.20. The molecular weight excluding hydrogens is 310 g/mol. The van der Waals surface area contributed by atoms with E-state index in [0.717, 1.165) is 23.9 Å². The SMILES string of the molecule is O=S1(=O)CCCC(NCc2cc(Br)cs2)C1. The third-order valence-electron chi connectivity index (χ3n) is 2.65. The van der Waals surface area contributed by atoms with Crippen LogP contribution in [0.4, 0.5) is 0 Å². The number of hydrogen-bond donors (Lipinski definition) is 1. The zero-order valence-electron chi connectivity index (χ0n) is 8.78. The molecule has 0 spiro atoms. The van der Waals surface area contributed by atoms with E-state index in [9.17, 15) is 8.42 Å². The Hall–Kier alpha value is 0.0900. The van der Waals surface area contributed by atoms with Crippen LogP contribution in [0.2, 0.25) is 0 Å². The number of halogens is 1. The average molecular weight is 324 g/mol. The fourth-order valence-corrected chi connectivity index (χ4v) is 4.95. The van der Waals surface area contributed by atoms with E-state index in [1.54, 1.807) is 11.3 Å². The Morgan fingerprint density at radius 3 is 3.00 bits per heavy atom. The standard InChI is InChI=1S/C10H14BrNO2S2/c11-8-4-10(15-6-8)5-12-9-2-1-3-16(13,14)7-9/h4,6,9,12H,1-3,5,7H2. The summed E-state index contributed by atoms with van der Waals surface area (Å²) >= 11 is 5.08. The normalized spacial score (nSPS) is 24.4. The lowest BCUT2D eigenvalue weighted by molar-refractivity contribution is 0.482. The summed E-state index contributed by atoms with van der Waals surface area (Å²) in [6.45, 7) is 0.760. The van der Waals surface area contributed by atoms with Crippen LogP contribution in [-0.2, 0) is 16.4 Å². The molecule has 1 saturated heterocycles. The summed E-state index contributed by atoms with van der Waals surface area (Å²) in [5.41, 5.74) is 0. The van der Waals surface area contributed by atoms with Crippen LogP contribution in [0.5, 0.6) is 0 Å². The highest BCUT2D eigenvalue weighted by Gasteiger charge is 2.24. The maximum atomic E-state index is 11.4. The lowest BCUT2D eigenvalue weighted by Gasteiger charge is -2.22. The molecule has 1 atom stereocenters. The molecule has 0 radical (unpaired) electrons. The molecule has 6 heteroatoms. The Morgan fingerprint density at radius 2 is 2.38 bits per heavy atom. The second-order valence-electron chi connectivity index (χ2n) is 4.07. The van der Waals surface area contributed by atoms with Crippen LogP contribution < -0.4 is 5.32 Å². The fourth-order valence-electron chi connectivity index (χ4n) is 1.88. The molecule has 90 valence electrons. The number of hydrogen-bond acceptors (Lipinski definition) is 4. The molecule has 2 rings (SSSR count). The van der Waals surface area contributed by atoms with Crippen molar-refractivity contribution in [3.05, 3.63) is 20.8 Å². The second kappa shape index (κ2) is 5.16. The van der Waals surface area contributed by atoms with E-state index in [1.165, 1.54) is 4.88 Å². The molecule has 0 bridgehead atoms. The quantitative estimate of drug-likeness (QED) is 0.927. The van der Waals surface area contributed by atoms with E-state index < -0.39 is 9.84 Å². The molecular formula is C10H14BrNO2S2. The summed E-state index contributed by atoms with van der Waals surface area (Å²) in [5.74, 6) is 0.648. The van der Waals surface area contributed by atoms with Crippen molar-refractivity contribution in [3.8, 4) is 0 Å². The first-order valence-electron chi connectivity index (χ1n) is 5.22. The zero-order chi connectivity index (χ0) is 11.6. The molecule has 1 aliphatic rings. The molecule has 0 aromatic carbocycles. The van der Waals surface area contributed by atoms with Crippen molar-refractivity contribution in [1.82, 2.24) is 5.32 Å². The van der Waals surface area contributed by atoms with Crippen LogP contribution in [0.3, 0.4) is 0 Å². The van der Waals surface area contributed by atoms with E-state index >= 15 is 0 Å². The molecule has 1 aromatic heterocycles. The van der Waals surface area contributed by atoms with E-state index in [2.05, 4.69) is 27.3 Å². The molecule has 1 aliphatic heterocycles. The van der Waals surface area contributed by atoms with Gasteiger partial charge in [0.25, 0.3) is 0 Å². The van der Waals surface area contributed by atoms with Crippen molar-refractivity contribution in [3.63, 3.8) is 0 Å². The van der Waals surface area contributed by atoms with Gasteiger partial charge in [-0.2, -0.15) is 0 Å². The molecule has 1 unspecified atom stereocenters. The summed E-state index contributed by atoms with van der Waals surface area (Å²) in [4.78, 5) is 1.23. The summed E-state index contributed by atoms with van der Waals surface area (Å²) in [7, 11) is -2.80. The first-order chi connectivity index (χ1) is 7.55. The monoisotopic (exact) mass is 323 g/mol. The minimum atomic E-state index is -2.80. The molecule has 0 aliphatic carbocycles. The van der Waals surface area contributed by atoms with Gasteiger partial charge in [0.2, 0.25) is 0 Å². The first-order valence-corrected chi connectivity index (χ1v) is 8.71. The predicted molar refractivity (Wildman–Crippen MR) is 70.5 cm³/mol. The third kappa shape index (κ3) is 3.55. The molecule has 16 heavy (non-hydrogen) atoms. The minimum absolute atomic E-state index is 0.125. The van der Waals surface area contributed by atoms with Crippen LogP contribution in [-0.4, -0.2) is 26.0 Å². The van der Waals surface area contributed by atoms with Crippen LogP contribution in [0.1, 0.15) is 17.7 Å². The van der Waals surface area contributed by atoms with Crippen molar-refractivity contribution in [2.24, 2.45) is 0 Å². The van der Waals surface area contributed by atoms with Crippen molar-refractivity contribution >= 4 is 37.1 Å². The van der Waals surface area contributed by atoms with Crippen LogP contribution in [0.15, 0.2) is 15.9 Å². The fraction of sp³-hybridized carbons (Fsp3) is 0.600. The Labute approximate surface area is 108 Å². The van der Waals surface area contributed by atoms with E-state index in [1.807, 2.05) is 5.38 Å². The second-order valence-corrected chi connectivity index (χ2v) is 8.21. The minimum Gasteiger partial charge on any atom is -0.308 e. The molecule has 1 fully saturated rings. The average Bonchev–Trinajstić information content (AvgIpc) is 2.60. The summed E-state index contributed by atoms with van der Waals surface area (Å²) in [6.07, 6.45) is 1.75. The highest BCUT2D eigenvalue weighted by atomic mass is 79.9. The molecule has 0 amide bonds. The van der Waals surface area contributed by atoms with Gasteiger partial charge in [0.15, 0.2) is 9.84 Å². The van der Waals surface area contributed by atoms with Crippen molar-refractivity contribution < 1.29 is 8.42 Å². The summed E-state index contributed by atoms with van der Waals surface area (Å²) in [5, 5.41) is 5.35. The zero-order valence-corrected chi connectivity index (χ0v) is 12.0. The van der Waals surface area contributed by atoms with Crippen LogP contribution in [0, 0.1) is 0 Å². The molecule has 1 N–H and O–H groups in total.